The van der Waals surface area contributed by atoms with Crippen LogP contribution in [0.3, 0.4) is 0 Å². The van der Waals surface area contributed by atoms with Gasteiger partial charge in [0.25, 0.3) is 5.91 Å². The Hall–Kier alpha value is -1.53. The van der Waals surface area contributed by atoms with E-state index in [2.05, 4.69) is 15.9 Å². The number of nitrogens with zero attached hydrogens (tertiary/aromatic N) is 1. The van der Waals surface area contributed by atoms with Gasteiger partial charge in [0.2, 0.25) is 6.79 Å². The molecule has 0 N–H and O–H groups in total. The number of carbonyl (C=O) groups excluding carboxylic acids is 1. The minimum absolute atomic E-state index is 0.0344. The molecule has 0 aliphatic carbocycles. The molecule has 0 saturated carbocycles. The lowest BCUT2D eigenvalue weighted by molar-refractivity contribution is 0.0786. The Morgan fingerprint density at radius 3 is 2.90 bits per heavy atom. The van der Waals surface area contributed by atoms with E-state index < -0.39 is 0 Å². The number of hydrogen-bond acceptors (Lipinski definition) is 4. The van der Waals surface area contributed by atoms with Crippen molar-refractivity contribution in [3.63, 3.8) is 0 Å². The molecule has 0 spiro atoms. The molecule has 2 aromatic rings. The Kier molecular flexibility index (Phi) is 3.67. The van der Waals surface area contributed by atoms with E-state index in [1.807, 2.05) is 11.4 Å². The Bertz CT molecular complexity index is 656. The van der Waals surface area contributed by atoms with Gasteiger partial charge >= 0.3 is 0 Å². The number of hydrogen-bond donors (Lipinski definition) is 0. The van der Waals surface area contributed by atoms with Crippen LogP contribution < -0.4 is 9.47 Å². The molecule has 104 valence electrons. The summed E-state index contributed by atoms with van der Waals surface area (Å²) >= 11 is 5.04. The van der Waals surface area contributed by atoms with Crippen LogP contribution in [-0.2, 0) is 6.54 Å². The standard InChI is InChI=1S/C14H12BrNO3S/c1-16(6-11-5-10(15)7-20-11)14(17)9-2-3-12-13(4-9)19-8-18-12/h2-5,7H,6,8H2,1H3. The van der Waals surface area contributed by atoms with Crippen LogP contribution >= 0.6 is 27.3 Å². The molecule has 0 radical (unpaired) electrons. The maximum Gasteiger partial charge on any atom is 0.254 e. The predicted molar refractivity (Wildman–Crippen MR) is 80.4 cm³/mol. The van der Waals surface area contributed by atoms with E-state index in [9.17, 15) is 4.79 Å². The van der Waals surface area contributed by atoms with Crippen LogP contribution in [0.15, 0.2) is 34.1 Å². The van der Waals surface area contributed by atoms with Gasteiger partial charge < -0.3 is 14.4 Å². The summed E-state index contributed by atoms with van der Waals surface area (Å²) < 4.78 is 11.6. The zero-order valence-electron chi connectivity index (χ0n) is 10.8. The zero-order valence-corrected chi connectivity index (χ0v) is 13.2. The molecule has 4 nitrogen and oxygen atoms in total. The van der Waals surface area contributed by atoms with Crippen LogP contribution in [0, 0.1) is 0 Å². The van der Waals surface area contributed by atoms with E-state index in [1.54, 1.807) is 41.5 Å². The summed E-state index contributed by atoms with van der Waals surface area (Å²) in [6, 6.07) is 7.28. The molecule has 0 bridgehead atoms. The van der Waals surface area contributed by atoms with E-state index in [4.69, 9.17) is 9.47 Å². The molecule has 6 heteroatoms. The van der Waals surface area contributed by atoms with Crippen molar-refractivity contribution in [1.29, 1.82) is 0 Å². The fraction of sp³-hybridized carbons (Fsp3) is 0.214. The zero-order chi connectivity index (χ0) is 14.1. The highest BCUT2D eigenvalue weighted by Gasteiger charge is 2.18. The molecular formula is C14H12BrNO3S. The summed E-state index contributed by atoms with van der Waals surface area (Å²) in [6.07, 6.45) is 0. The highest BCUT2D eigenvalue weighted by atomic mass is 79.9. The van der Waals surface area contributed by atoms with Gasteiger partial charge in [-0.3, -0.25) is 4.79 Å². The molecule has 20 heavy (non-hydrogen) atoms. The van der Waals surface area contributed by atoms with Crippen molar-refractivity contribution in [1.82, 2.24) is 4.90 Å². The summed E-state index contributed by atoms with van der Waals surface area (Å²) in [4.78, 5) is 15.2. The molecular weight excluding hydrogens is 342 g/mol. The summed E-state index contributed by atoms with van der Waals surface area (Å²) in [5.41, 5.74) is 0.604. The molecule has 0 saturated heterocycles. The van der Waals surface area contributed by atoms with Gasteiger partial charge in [-0.2, -0.15) is 0 Å². The second kappa shape index (κ2) is 5.46. The molecule has 1 amide bonds. The summed E-state index contributed by atoms with van der Waals surface area (Å²) in [7, 11) is 1.79. The van der Waals surface area contributed by atoms with Crippen LogP contribution in [0.1, 0.15) is 15.2 Å². The average Bonchev–Trinajstić information content (AvgIpc) is 3.05. The largest absolute Gasteiger partial charge is 0.454 e. The first-order valence-corrected chi connectivity index (χ1v) is 7.69. The van der Waals surface area contributed by atoms with E-state index in [1.165, 1.54) is 0 Å². The van der Waals surface area contributed by atoms with Gasteiger partial charge in [-0.25, -0.2) is 0 Å². The van der Waals surface area contributed by atoms with Gasteiger partial charge in [0.1, 0.15) is 0 Å². The average molecular weight is 354 g/mol. The van der Waals surface area contributed by atoms with Gasteiger partial charge in [0.05, 0.1) is 6.54 Å². The first-order chi connectivity index (χ1) is 9.63. The number of fused-ring (bicyclic) bond motifs is 1. The van der Waals surface area contributed by atoms with Crippen molar-refractivity contribution in [2.24, 2.45) is 0 Å². The molecule has 0 unspecified atom stereocenters. The fourth-order valence-corrected chi connectivity index (χ4v) is 3.50. The van der Waals surface area contributed by atoms with Crippen LogP contribution in [0.5, 0.6) is 11.5 Å². The van der Waals surface area contributed by atoms with Gasteiger partial charge in [0, 0.05) is 27.3 Å². The second-order valence-corrected chi connectivity index (χ2v) is 6.37. The number of rotatable bonds is 3. The van der Waals surface area contributed by atoms with Crippen LogP contribution in [0.4, 0.5) is 0 Å². The fourth-order valence-electron chi connectivity index (χ4n) is 1.99. The van der Waals surface area contributed by atoms with E-state index in [0.717, 1.165) is 9.35 Å². The van der Waals surface area contributed by atoms with Crippen molar-refractivity contribution < 1.29 is 14.3 Å². The molecule has 0 fully saturated rings. The summed E-state index contributed by atoms with van der Waals surface area (Å²) in [5, 5.41) is 2.01. The highest BCUT2D eigenvalue weighted by Crippen LogP contribution is 2.33. The third-order valence-corrected chi connectivity index (χ3v) is 4.66. The molecule has 1 aromatic heterocycles. The topological polar surface area (TPSA) is 38.8 Å². The van der Waals surface area contributed by atoms with Crippen LogP contribution in [0.25, 0.3) is 0 Å². The molecule has 1 aliphatic rings. The Morgan fingerprint density at radius 2 is 2.15 bits per heavy atom. The number of carbonyl (C=O) groups is 1. The number of thiophene rings is 1. The van der Waals surface area contributed by atoms with Crippen molar-refractivity contribution >= 4 is 33.2 Å². The number of amides is 1. The molecule has 3 rings (SSSR count). The highest BCUT2D eigenvalue weighted by molar-refractivity contribution is 9.10. The van der Waals surface area contributed by atoms with Crippen LogP contribution in [0.2, 0.25) is 0 Å². The quantitative estimate of drug-likeness (QED) is 0.847. The van der Waals surface area contributed by atoms with Crippen molar-refractivity contribution in [3.8, 4) is 11.5 Å². The van der Waals surface area contributed by atoms with Crippen molar-refractivity contribution in [3.05, 3.63) is 44.6 Å². The first-order valence-electron chi connectivity index (χ1n) is 6.01. The maximum absolute atomic E-state index is 12.4. The SMILES string of the molecule is CN(Cc1cc(Br)cs1)C(=O)c1ccc2c(c1)OCO2. The molecule has 1 aromatic carbocycles. The molecule has 0 atom stereocenters. The van der Waals surface area contributed by atoms with E-state index >= 15 is 0 Å². The lowest BCUT2D eigenvalue weighted by Gasteiger charge is -2.16. The Labute approximate surface area is 129 Å². The summed E-state index contributed by atoms with van der Waals surface area (Å²) in [6.45, 7) is 0.801. The molecule has 2 heterocycles. The van der Waals surface area contributed by atoms with E-state index in [-0.39, 0.29) is 12.7 Å². The lowest BCUT2D eigenvalue weighted by atomic mass is 10.2. The van der Waals surface area contributed by atoms with Crippen LogP contribution in [-0.4, -0.2) is 24.6 Å². The van der Waals surface area contributed by atoms with Crippen molar-refractivity contribution in [2.45, 2.75) is 6.54 Å². The normalized spacial score (nSPS) is 12.5. The monoisotopic (exact) mass is 353 g/mol. The third-order valence-electron chi connectivity index (χ3n) is 2.98. The number of benzene rings is 1. The number of halogens is 1. The lowest BCUT2D eigenvalue weighted by Crippen LogP contribution is -2.25. The third kappa shape index (κ3) is 2.66. The Balaban J connectivity index is 1.74. The summed E-state index contributed by atoms with van der Waals surface area (Å²) in [5.74, 6) is 1.28. The van der Waals surface area contributed by atoms with Gasteiger partial charge in [-0.05, 0) is 40.2 Å². The van der Waals surface area contributed by atoms with Gasteiger partial charge in [-0.1, -0.05) is 0 Å². The van der Waals surface area contributed by atoms with Gasteiger partial charge in [0.15, 0.2) is 11.5 Å². The Morgan fingerprint density at radius 1 is 1.35 bits per heavy atom. The molecule has 1 aliphatic heterocycles. The minimum atomic E-state index is -0.0344. The van der Waals surface area contributed by atoms with Crippen molar-refractivity contribution in [2.75, 3.05) is 13.8 Å². The predicted octanol–water partition coefficient (Wildman–Crippen LogP) is 3.51. The maximum atomic E-state index is 12.4. The second-order valence-electron chi connectivity index (χ2n) is 4.46. The number of ether oxygens (including phenoxy) is 2. The smallest absolute Gasteiger partial charge is 0.254 e. The van der Waals surface area contributed by atoms with E-state index in [0.29, 0.717) is 23.6 Å². The first kappa shape index (κ1) is 13.5. The minimum Gasteiger partial charge on any atom is -0.454 e. The van der Waals surface area contributed by atoms with Gasteiger partial charge in [-0.15, -0.1) is 11.3 Å².